The molecule has 3 N–H and O–H groups in total. The maximum absolute atomic E-state index is 11.3. The van der Waals surface area contributed by atoms with Crippen molar-refractivity contribution in [3.8, 4) is 0 Å². The number of carbonyl (C=O) groups is 3. The molecule has 0 saturated carbocycles. The summed E-state index contributed by atoms with van der Waals surface area (Å²) in [5, 5.41) is 7.60. The molecule has 1 heterocycles. The minimum absolute atomic E-state index is 0.0201. The number of rotatable bonds is 5. The Morgan fingerprint density at radius 1 is 1.33 bits per heavy atom. The van der Waals surface area contributed by atoms with E-state index in [1.54, 1.807) is 0 Å². The Balaban J connectivity index is 0.000000494. The van der Waals surface area contributed by atoms with Gasteiger partial charge in [0.2, 0.25) is 11.8 Å². The van der Waals surface area contributed by atoms with Crippen molar-refractivity contribution in [2.24, 2.45) is 5.73 Å². The Bertz CT molecular complexity index is 299. The number of nitrogens with zero attached hydrogens (tertiary/aromatic N) is 1. The Labute approximate surface area is 106 Å². The van der Waals surface area contributed by atoms with Gasteiger partial charge in [-0.3, -0.25) is 14.5 Å². The van der Waals surface area contributed by atoms with Gasteiger partial charge in [-0.15, -0.1) is 0 Å². The van der Waals surface area contributed by atoms with Crippen LogP contribution in [0.4, 0.5) is 0 Å². The van der Waals surface area contributed by atoms with Gasteiger partial charge in [0, 0.05) is 25.5 Å². The molecule has 1 fully saturated rings. The molecule has 0 aliphatic carbocycles. The van der Waals surface area contributed by atoms with Crippen molar-refractivity contribution < 1.29 is 19.5 Å². The highest BCUT2D eigenvalue weighted by Crippen LogP contribution is 2.12. The van der Waals surface area contributed by atoms with Gasteiger partial charge in [0.25, 0.3) is 0 Å². The van der Waals surface area contributed by atoms with Gasteiger partial charge in [-0.1, -0.05) is 6.58 Å². The smallest absolute Gasteiger partial charge is 0.327 e. The summed E-state index contributed by atoms with van der Waals surface area (Å²) in [6.45, 7) is 4.13. The lowest BCUT2D eigenvalue weighted by atomic mass is 10.1. The van der Waals surface area contributed by atoms with Crippen molar-refractivity contribution >= 4 is 17.8 Å². The van der Waals surface area contributed by atoms with E-state index < -0.39 is 5.97 Å². The van der Waals surface area contributed by atoms with E-state index in [2.05, 4.69) is 6.58 Å². The maximum Gasteiger partial charge on any atom is 0.327 e. The lowest BCUT2D eigenvalue weighted by Gasteiger charge is -2.24. The molecule has 0 aromatic heterocycles. The number of imide groups is 1. The van der Waals surface area contributed by atoms with Gasteiger partial charge in [0.05, 0.1) is 0 Å². The minimum atomic E-state index is -0.981. The largest absolute Gasteiger partial charge is 0.478 e. The van der Waals surface area contributed by atoms with Gasteiger partial charge in [-0.2, -0.15) is 0 Å². The zero-order valence-corrected chi connectivity index (χ0v) is 10.4. The molecule has 1 aliphatic heterocycles. The van der Waals surface area contributed by atoms with E-state index in [4.69, 9.17) is 10.8 Å². The molecule has 1 saturated heterocycles. The van der Waals surface area contributed by atoms with Crippen LogP contribution in [-0.4, -0.2) is 40.9 Å². The topological polar surface area (TPSA) is 101 Å². The van der Waals surface area contributed by atoms with Crippen LogP contribution in [0, 0.1) is 0 Å². The number of amides is 2. The summed E-state index contributed by atoms with van der Waals surface area (Å²) < 4.78 is 0. The summed E-state index contributed by atoms with van der Waals surface area (Å²) in [6.07, 6.45) is 4.29. The van der Waals surface area contributed by atoms with Crippen LogP contribution in [0.15, 0.2) is 12.7 Å². The number of carboxylic acids is 1. The monoisotopic (exact) mass is 256 g/mol. The van der Waals surface area contributed by atoms with E-state index in [-0.39, 0.29) is 11.8 Å². The van der Waals surface area contributed by atoms with Crippen molar-refractivity contribution in [2.45, 2.75) is 32.1 Å². The molecule has 6 nitrogen and oxygen atoms in total. The lowest BCUT2D eigenvalue weighted by molar-refractivity contribution is -0.148. The van der Waals surface area contributed by atoms with Crippen LogP contribution < -0.4 is 5.73 Å². The lowest BCUT2D eigenvalue weighted by Crippen LogP contribution is -2.40. The number of nitrogens with two attached hydrogens (primary N) is 1. The van der Waals surface area contributed by atoms with Gasteiger partial charge >= 0.3 is 5.97 Å². The number of carboxylic acid groups (broad SMARTS) is 1. The first-order valence-electron chi connectivity index (χ1n) is 5.91. The highest BCUT2D eigenvalue weighted by Gasteiger charge is 2.24. The van der Waals surface area contributed by atoms with Crippen molar-refractivity contribution in [1.82, 2.24) is 4.90 Å². The zero-order chi connectivity index (χ0) is 14.0. The Morgan fingerprint density at radius 3 is 2.22 bits per heavy atom. The highest BCUT2D eigenvalue weighted by atomic mass is 16.4. The standard InChI is InChI=1S/C9H16N2O2.C3H4O2/c10-6-1-2-7-11-8(12)4-3-5-9(11)13;1-2-3(4)5/h1-7,10H2;2H,1H2,(H,4,5). The molecule has 2 amide bonds. The van der Waals surface area contributed by atoms with Crippen LogP contribution in [0.25, 0.3) is 0 Å². The summed E-state index contributed by atoms with van der Waals surface area (Å²) in [5.74, 6) is -1.02. The van der Waals surface area contributed by atoms with E-state index in [9.17, 15) is 14.4 Å². The molecule has 102 valence electrons. The number of unbranched alkanes of at least 4 members (excludes halogenated alkanes) is 1. The third-order valence-electron chi connectivity index (χ3n) is 2.39. The minimum Gasteiger partial charge on any atom is -0.478 e. The van der Waals surface area contributed by atoms with Gasteiger partial charge in [-0.05, 0) is 25.8 Å². The van der Waals surface area contributed by atoms with Gasteiger partial charge in [0.1, 0.15) is 0 Å². The van der Waals surface area contributed by atoms with Crippen LogP contribution in [0.1, 0.15) is 32.1 Å². The van der Waals surface area contributed by atoms with Crippen LogP contribution in [0.5, 0.6) is 0 Å². The van der Waals surface area contributed by atoms with E-state index in [1.165, 1.54) is 4.90 Å². The average Bonchev–Trinajstić information content (AvgIpc) is 2.34. The molecule has 18 heavy (non-hydrogen) atoms. The second-order valence-corrected chi connectivity index (χ2v) is 3.83. The molecule has 0 atom stereocenters. The van der Waals surface area contributed by atoms with E-state index in [0.29, 0.717) is 32.4 Å². The fraction of sp³-hybridized carbons (Fsp3) is 0.583. The van der Waals surface area contributed by atoms with E-state index in [0.717, 1.165) is 18.9 Å². The third-order valence-corrected chi connectivity index (χ3v) is 2.39. The number of hydrogen-bond donors (Lipinski definition) is 2. The molecule has 0 radical (unpaired) electrons. The van der Waals surface area contributed by atoms with Crippen molar-refractivity contribution in [3.05, 3.63) is 12.7 Å². The highest BCUT2D eigenvalue weighted by molar-refractivity contribution is 5.97. The summed E-state index contributed by atoms with van der Waals surface area (Å²) in [4.78, 5) is 33.2. The first kappa shape index (κ1) is 16.3. The number of carbonyl (C=O) groups excluding carboxylic acids is 2. The molecule has 0 aromatic rings. The summed E-state index contributed by atoms with van der Waals surface area (Å²) in [5.41, 5.74) is 5.33. The zero-order valence-electron chi connectivity index (χ0n) is 10.4. The number of likely N-dealkylation sites (tertiary alicyclic amines) is 1. The maximum atomic E-state index is 11.3. The first-order chi connectivity index (χ1) is 8.52. The second-order valence-electron chi connectivity index (χ2n) is 3.83. The molecule has 6 heteroatoms. The van der Waals surface area contributed by atoms with Crippen molar-refractivity contribution in [2.75, 3.05) is 13.1 Å². The van der Waals surface area contributed by atoms with Crippen LogP contribution in [-0.2, 0) is 14.4 Å². The van der Waals surface area contributed by atoms with Crippen LogP contribution in [0.3, 0.4) is 0 Å². The van der Waals surface area contributed by atoms with E-state index in [1.807, 2.05) is 0 Å². The fourth-order valence-corrected chi connectivity index (χ4v) is 1.46. The molecular formula is C12H20N2O4. The normalized spacial score (nSPS) is 14.8. The summed E-state index contributed by atoms with van der Waals surface area (Å²) in [7, 11) is 0. The number of aliphatic carboxylic acids is 1. The Hall–Kier alpha value is -1.69. The summed E-state index contributed by atoms with van der Waals surface area (Å²) in [6, 6.07) is 0. The van der Waals surface area contributed by atoms with E-state index >= 15 is 0 Å². The van der Waals surface area contributed by atoms with Crippen LogP contribution >= 0.6 is 0 Å². The van der Waals surface area contributed by atoms with Gasteiger partial charge in [-0.25, -0.2) is 4.79 Å². The third kappa shape index (κ3) is 6.80. The first-order valence-corrected chi connectivity index (χ1v) is 5.91. The molecule has 0 aromatic carbocycles. The molecule has 1 aliphatic rings. The molecule has 0 unspecified atom stereocenters. The van der Waals surface area contributed by atoms with Crippen molar-refractivity contribution in [1.29, 1.82) is 0 Å². The fourth-order valence-electron chi connectivity index (χ4n) is 1.46. The second kappa shape index (κ2) is 9.35. The average molecular weight is 256 g/mol. The molecular weight excluding hydrogens is 236 g/mol. The predicted octanol–water partition coefficient (Wildman–Crippen LogP) is 0.521. The van der Waals surface area contributed by atoms with Crippen molar-refractivity contribution in [3.63, 3.8) is 0 Å². The predicted molar refractivity (Wildman–Crippen MR) is 66.7 cm³/mol. The molecule has 0 bridgehead atoms. The summed E-state index contributed by atoms with van der Waals surface area (Å²) >= 11 is 0. The van der Waals surface area contributed by atoms with Crippen LogP contribution in [0.2, 0.25) is 0 Å². The molecule has 0 spiro atoms. The van der Waals surface area contributed by atoms with Gasteiger partial charge < -0.3 is 10.8 Å². The SMILES string of the molecule is C=CC(=O)O.NCCCCN1C(=O)CCCC1=O. The quantitative estimate of drug-likeness (QED) is 0.424. The number of piperidine rings is 1. The molecule has 1 rings (SSSR count). The Morgan fingerprint density at radius 2 is 1.83 bits per heavy atom. The van der Waals surface area contributed by atoms with Gasteiger partial charge in [0.15, 0.2) is 0 Å². The number of hydrogen-bond acceptors (Lipinski definition) is 4. The Kier molecular flexibility index (Phi) is 8.47.